The number of hydrogen-bond donors (Lipinski definition) is 5. The zero-order chi connectivity index (χ0) is 19.6. The third-order valence-electron chi connectivity index (χ3n) is 3.68. The van der Waals surface area contributed by atoms with Crippen LogP contribution >= 0.6 is 11.8 Å². The summed E-state index contributed by atoms with van der Waals surface area (Å²) in [5.41, 5.74) is 6.65. The first-order valence-corrected chi connectivity index (χ1v) is 8.77. The number of nitrogens with zero attached hydrogens (tertiary/aromatic N) is 3. The van der Waals surface area contributed by atoms with E-state index in [9.17, 15) is 14.7 Å². The van der Waals surface area contributed by atoms with Crippen LogP contribution in [0.2, 0.25) is 0 Å². The van der Waals surface area contributed by atoms with Gasteiger partial charge >= 0.3 is 5.97 Å². The van der Waals surface area contributed by atoms with Crippen LogP contribution in [0.4, 0.5) is 11.6 Å². The van der Waals surface area contributed by atoms with Crippen molar-refractivity contribution in [3.05, 3.63) is 30.1 Å². The summed E-state index contributed by atoms with van der Waals surface area (Å²) < 4.78 is 0. The molecule has 2 aromatic heterocycles. The third-order valence-corrected chi connectivity index (χ3v) is 5.03. The quantitative estimate of drug-likeness (QED) is 0.240. The molecular formula is C16H16N6O4S. The second-order valence-corrected chi connectivity index (χ2v) is 6.72. The largest absolute Gasteiger partial charge is 0.507 e. The van der Waals surface area contributed by atoms with Gasteiger partial charge in [-0.2, -0.15) is 4.98 Å². The number of imidazole rings is 1. The van der Waals surface area contributed by atoms with Gasteiger partial charge in [0.2, 0.25) is 11.9 Å². The molecule has 140 valence electrons. The number of aromatic carboxylic acids is 1. The van der Waals surface area contributed by atoms with Gasteiger partial charge in [-0.3, -0.25) is 4.79 Å². The van der Waals surface area contributed by atoms with Gasteiger partial charge in [-0.05, 0) is 24.6 Å². The molecule has 6 N–H and O–H groups in total. The standard InChI is InChI=1S/C16H16N6O4S/c1-2-10(27-14-11-12(19-6-18-11)21-16(17)22-14)13(24)20-7-3-4-9(23)8(5-7)15(25)26/h3-6,10,23H,2H2,1H3,(H,20,24)(H,25,26)(H3,17,18,19,21,22)/t10-/m1/s1. The Morgan fingerprint density at radius 2 is 2.15 bits per heavy atom. The number of nitrogens with one attached hydrogen (secondary N) is 2. The molecule has 1 aromatic carbocycles. The third kappa shape index (κ3) is 3.92. The Labute approximate surface area is 157 Å². The van der Waals surface area contributed by atoms with Gasteiger partial charge in [0, 0.05) is 5.69 Å². The fraction of sp³-hybridized carbons (Fsp3) is 0.188. The molecule has 0 bridgehead atoms. The smallest absolute Gasteiger partial charge is 0.339 e. The van der Waals surface area contributed by atoms with Gasteiger partial charge in [-0.25, -0.2) is 14.8 Å². The van der Waals surface area contributed by atoms with Crippen LogP contribution in [0.25, 0.3) is 11.2 Å². The van der Waals surface area contributed by atoms with Crippen molar-refractivity contribution >= 4 is 46.4 Å². The minimum absolute atomic E-state index is 0.0528. The normalized spacial score (nSPS) is 12.0. The van der Waals surface area contributed by atoms with Gasteiger partial charge < -0.3 is 26.2 Å². The van der Waals surface area contributed by atoms with Crippen molar-refractivity contribution in [2.45, 2.75) is 23.6 Å². The van der Waals surface area contributed by atoms with Gasteiger partial charge in [0.05, 0.1) is 11.6 Å². The second kappa shape index (κ2) is 7.50. The fourth-order valence-corrected chi connectivity index (χ4v) is 3.39. The molecule has 11 heteroatoms. The molecule has 0 saturated heterocycles. The number of anilines is 2. The Morgan fingerprint density at radius 1 is 1.37 bits per heavy atom. The van der Waals surface area contributed by atoms with Crippen LogP contribution in [-0.2, 0) is 4.79 Å². The van der Waals surface area contributed by atoms with E-state index in [0.29, 0.717) is 22.6 Å². The summed E-state index contributed by atoms with van der Waals surface area (Å²) in [5.74, 6) is -1.95. The van der Waals surface area contributed by atoms with Crippen LogP contribution in [0.5, 0.6) is 5.75 Å². The van der Waals surface area contributed by atoms with Gasteiger partial charge in [0.25, 0.3) is 0 Å². The number of carboxylic acid groups (broad SMARTS) is 1. The van der Waals surface area contributed by atoms with Crippen molar-refractivity contribution in [3.8, 4) is 5.75 Å². The number of aromatic amines is 1. The van der Waals surface area contributed by atoms with Crippen LogP contribution in [0.15, 0.2) is 29.6 Å². The van der Waals surface area contributed by atoms with Gasteiger partial charge in [-0.1, -0.05) is 18.7 Å². The Morgan fingerprint density at radius 3 is 2.85 bits per heavy atom. The number of carbonyl (C=O) groups is 2. The molecule has 0 aliphatic carbocycles. The molecule has 2 heterocycles. The van der Waals surface area contributed by atoms with E-state index in [1.165, 1.54) is 36.3 Å². The first-order valence-electron chi connectivity index (χ1n) is 7.89. The lowest BCUT2D eigenvalue weighted by Gasteiger charge is -2.15. The molecule has 1 amide bonds. The van der Waals surface area contributed by atoms with Gasteiger partial charge in [0.1, 0.15) is 21.9 Å². The number of aromatic hydroxyl groups is 1. The highest BCUT2D eigenvalue weighted by Crippen LogP contribution is 2.30. The summed E-state index contributed by atoms with van der Waals surface area (Å²) in [7, 11) is 0. The topological polar surface area (TPSA) is 167 Å². The Kier molecular flexibility index (Phi) is 5.12. The number of H-pyrrole nitrogens is 1. The molecule has 3 rings (SSSR count). The first-order chi connectivity index (χ1) is 12.9. The summed E-state index contributed by atoms with van der Waals surface area (Å²) >= 11 is 1.20. The maximum Gasteiger partial charge on any atom is 0.339 e. The predicted octanol–water partition coefficient (Wildman–Crippen LogP) is 1.85. The summed E-state index contributed by atoms with van der Waals surface area (Å²) in [4.78, 5) is 38.9. The molecule has 10 nitrogen and oxygen atoms in total. The van der Waals surface area contributed by atoms with Gasteiger partial charge in [0.15, 0.2) is 5.65 Å². The highest BCUT2D eigenvalue weighted by molar-refractivity contribution is 8.00. The van der Waals surface area contributed by atoms with E-state index in [0.717, 1.165) is 0 Å². The van der Waals surface area contributed by atoms with Crippen molar-refractivity contribution in [1.29, 1.82) is 0 Å². The predicted molar refractivity (Wildman–Crippen MR) is 99.7 cm³/mol. The van der Waals surface area contributed by atoms with Crippen LogP contribution in [-0.4, -0.2) is 47.3 Å². The number of hydrogen-bond acceptors (Lipinski definition) is 8. The molecule has 0 aliphatic heterocycles. The highest BCUT2D eigenvalue weighted by atomic mass is 32.2. The van der Waals surface area contributed by atoms with E-state index in [1.54, 1.807) is 0 Å². The highest BCUT2D eigenvalue weighted by Gasteiger charge is 2.22. The summed E-state index contributed by atoms with van der Waals surface area (Å²) in [6.07, 6.45) is 1.95. The zero-order valence-electron chi connectivity index (χ0n) is 14.1. The molecular weight excluding hydrogens is 372 g/mol. The Hall–Kier alpha value is -3.34. The fourth-order valence-electron chi connectivity index (χ4n) is 2.37. The van der Waals surface area contributed by atoms with Crippen molar-refractivity contribution in [3.63, 3.8) is 0 Å². The number of nitrogens with two attached hydrogens (primary N) is 1. The summed E-state index contributed by atoms with van der Waals surface area (Å²) in [5, 5.41) is 21.3. The van der Waals surface area contributed by atoms with Gasteiger partial charge in [-0.15, -0.1) is 0 Å². The number of amides is 1. The lowest BCUT2D eigenvalue weighted by Crippen LogP contribution is -2.25. The number of carbonyl (C=O) groups excluding carboxylic acids is 1. The number of fused-ring (bicyclic) bond motifs is 1. The Bertz CT molecular complexity index is 1020. The zero-order valence-corrected chi connectivity index (χ0v) is 14.9. The van der Waals surface area contributed by atoms with Crippen LogP contribution in [0.3, 0.4) is 0 Å². The lowest BCUT2D eigenvalue weighted by atomic mass is 10.1. The number of rotatable bonds is 6. The first kappa shape index (κ1) is 18.5. The molecule has 3 aromatic rings. The number of benzene rings is 1. The minimum Gasteiger partial charge on any atom is -0.507 e. The average molecular weight is 388 g/mol. The van der Waals surface area contributed by atoms with Crippen molar-refractivity contribution in [2.75, 3.05) is 11.1 Å². The van der Waals surface area contributed by atoms with E-state index in [4.69, 9.17) is 10.8 Å². The van der Waals surface area contributed by atoms with Crippen molar-refractivity contribution in [2.24, 2.45) is 0 Å². The molecule has 0 radical (unpaired) electrons. The maximum atomic E-state index is 12.6. The molecule has 0 spiro atoms. The number of nitrogen functional groups attached to an aromatic ring is 1. The van der Waals surface area contributed by atoms with Crippen LogP contribution in [0, 0.1) is 0 Å². The molecule has 27 heavy (non-hydrogen) atoms. The SMILES string of the molecule is CC[C@@H](Sc1nc(N)nc2nc[nH]c12)C(=O)Nc1ccc(O)c(C(=O)O)c1. The van der Waals surface area contributed by atoms with E-state index in [1.807, 2.05) is 6.92 Å². The average Bonchev–Trinajstić information content (AvgIpc) is 3.09. The minimum atomic E-state index is -1.29. The van der Waals surface area contributed by atoms with Crippen LogP contribution in [0.1, 0.15) is 23.7 Å². The number of phenols is 1. The van der Waals surface area contributed by atoms with Crippen molar-refractivity contribution in [1.82, 2.24) is 19.9 Å². The maximum absolute atomic E-state index is 12.6. The van der Waals surface area contributed by atoms with E-state index in [-0.39, 0.29) is 28.9 Å². The number of carboxylic acids is 1. The summed E-state index contributed by atoms with van der Waals surface area (Å²) in [6.45, 7) is 1.84. The van der Waals surface area contributed by atoms with Crippen molar-refractivity contribution < 1.29 is 19.8 Å². The van der Waals surface area contributed by atoms with E-state index < -0.39 is 11.2 Å². The molecule has 0 unspecified atom stereocenters. The van der Waals surface area contributed by atoms with E-state index in [2.05, 4.69) is 25.3 Å². The molecule has 0 aliphatic rings. The summed E-state index contributed by atoms with van der Waals surface area (Å²) in [6, 6.07) is 3.84. The number of thioether (sulfide) groups is 1. The molecule has 0 saturated carbocycles. The lowest BCUT2D eigenvalue weighted by molar-refractivity contribution is -0.115. The van der Waals surface area contributed by atoms with E-state index >= 15 is 0 Å². The molecule has 0 fully saturated rings. The second-order valence-electron chi connectivity index (χ2n) is 5.53. The van der Waals surface area contributed by atoms with Crippen LogP contribution < -0.4 is 11.1 Å². The Balaban J connectivity index is 1.81. The monoisotopic (exact) mass is 388 g/mol. The molecule has 1 atom stereocenters. The number of aromatic nitrogens is 4.